The van der Waals surface area contributed by atoms with Gasteiger partial charge in [-0.2, -0.15) is 0 Å². The molecule has 1 aliphatic heterocycles. The highest BCUT2D eigenvalue weighted by Crippen LogP contribution is 2.26. The Morgan fingerprint density at radius 3 is 2.34 bits per heavy atom. The van der Waals surface area contributed by atoms with Gasteiger partial charge in [-0.25, -0.2) is 14.4 Å². The zero-order valence-electron chi connectivity index (χ0n) is 21.1. The molecule has 0 atom stereocenters. The van der Waals surface area contributed by atoms with Gasteiger partial charge in [-0.3, -0.25) is 4.79 Å². The number of halogens is 1. The molecule has 1 aromatic heterocycles. The molecule has 3 aromatic rings. The van der Waals surface area contributed by atoms with Crippen molar-refractivity contribution in [1.29, 1.82) is 0 Å². The average Bonchev–Trinajstić information content (AvgIpc) is 2.87. The van der Waals surface area contributed by atoms with Crippen LogP contribution in [0.2, 0.25) is 0 Å². The molecule has 1 fully saturated rings. The van der Waals surface area contributed by atoms with E-state index in [1.807, 2.05) is 43.0 Å². The molecule has 35 heavy (non-hydrogen) atoms. The second-order valence-corrected chi connectivity index (χ2v) is 9.36. The molecule has 1 saturated heterocycles. The maximum absolute atomic E-state index is 14.4. The molecule has 0 bridgehead atoms. The van der Waals surface area contributed by atoms with Gasteiger partial charge in [0, 0.05) is 49.4 Å². The summed E-state index contributed by atoms with van der Waals surface area (Å²) in [5.74, 6) is 1.41. The summed E-state index contributed by atoms with van der Waals surface area (Å²) >= 11 is 0. The third-order valence-corrected chi connectivity index (χ3v) is 6.77. The molecule has 2 aromatic carbocycles. The van der Waals surface area contributed by atoms with Crippen LogP contribution >= 0.6 is 0 Å². The van der Waals surface area contributed by atoms with Crippen LogP contribution in [0.4, 0.5) is 10.2 Å². The zero-order chi connectivity index (χ0) is 24.8. The number of amides is 1. The van der Waals surface area contributed by atoms with Crippen LogP contribution in [0.5, 0.6) is 0 Å². The van der Waals surface area contributed by atoms with Crippen LogP contribution in [-0.2, 0) is 12.8 Å². The maximum atomic E-state index is 14.4. The fourth-order valence-electron chi connectivity index (χ4n) is 4.72. The first-order chi connectivity index (χ1) is 17.0. The molecule has 0 spiro atoms. The predicted molar refractivity (Wildman–Crippen MR) is 138 cm³/mol. The molecule has 0 radical (unpaired) electrons. The van der Waals surface area contributed by atoms with Crippen molar-refractivity contribution in [3.63, 3.8) is 0 Å². The van der Waals surface area contributed by atoms with Crippen LogP contribution in [0, 0.1) is 19.7 Å². The molecule has 0 N–H and O–H groups in total. The number of benzene rings is 2. The number of nitrogens with zero attached hydrogens (tertiary/aromatic N) is 4. The van der Waals surface area contributed by atoms with Crippen molar-refractivity contribution in [2.45, 2.75) is 52.9 Å². The Bertz CT molecular complexity index is 1150. The number of unbranched alkanes of at least 4 members (excludes halogenated alkanes) is 2. The largest absolute Gasteiger partial charge is 0.353 e. The van der Waals surface area contributed by atoms with E-state index in [0.29, 0.717) is 44.0 Å². The Morgan fingerprint density at radius 1 is 0.943 bits per heavy atom. The number of anilines is 1. The van der Waals surface area contributed by atoms with Gasteiger partial charge in [0.15, 0.2) is 0 Å². The van der Waals surface area contributed by atoms with Crippen LogP contribution in [0.25, 0.3) is 0 Å². The lowest BCUT2D eigenvalue weighted by Gasteiger charge is -2.36. The standard InChI is InChI=1S/C29H35FN4O/c1-4-5-6-9-23-12-14-24(15-13-23)29(35)34-18-16-33(17-19-34)28-26(21(2)31-22(3)32-28)20-25-10-7-8-11-27(25)30/h7-8,10-15H,4-6,9,16-20H2,1-3H3. The van der Waals surface area contributed by atoms with E-state index in [-0.39, 0.29) is 11.7 Å². The first-order valence-electron chi connectivity index (χ1n) is 12.7. The molecule has 5 nitrogen and oxygen atoms in total. The Labute approximate surface area is 208 Å². The third kappa shape index (κ3) is 6.05. The fourth-order valence-corrected chi connectivity index (χ4v) is 4.72. The molecule has 0 aliphatic carbocycles. The molecular formula is C29H35FN4O. The molecule has 1 amide bonds. The summed E-state index contributed by atoms with van der Waals surface area (Å²) in [6, 6.07) is 14.9. The minimum atomic E-state index is -0.217. The zero-order valence-corrected chi connectivity index (χ0v) is 21.1. The molecule has 4 rings (SSSR count). The average molecular weight is 475 g/mol. The highest BCUT2D eigenvalue weighted by Gasteiger charge is 2.25. The van der Waals surface area contributed by atoms with Crippen molar-refractivity contribution in [3.05, 3.63) is 88.1 Å². The molecule has 6 heteroatoms. The first kappa shape index (κ1) is 24.8. The number of aryl methyl sites for hydroxylation is 3. The van der Waals surface area contributed by atoms with E-state index >= 15 is 0 Å². The Kier molecular flexibility index (Phi) is 8.11. The van der Waals surface area contributed by atoms with E-state index in [9.17, 15) is 9.18 Å². The number of hydrogen-bond acceptors (Lipinski definition) is 4. The van der Waals surface area contributed by atoms with Gasteiger partial charge in [0.1, 0.15) is 17.5 Å². The number of rotatable bonds is 8. The Morgan fingerprint density at radius 2 is 1.66 bits per heavy atom. The van der Waals surface area contributed by atoms with Gasteiger partial charge in [0.2, 0.25) is 0 Å². The normalized spacial score (nSPS) is 13.8. The van der Waals surface area contributed by atoms with Crippen molar-refractivity contribution in [3.8, 4) is 0 Å². The van der Waals surface area contributed by atoms with Crippen molar-refractivity contribution in [2.75, 3.05) is 31.1 Å². The van der Waals surface area contributed by atoms with Gasteiger partial charge >= 0.3 is 0 Å². The number of carbonyl (C=O) groups is 1. The van der Waals surface area contributed by atoms with Gasteiger partial charge in [-0.15, -0.1) is 0 Å². The van der Waals surface area contributed by atoms with E-state index in [4.69, 9.17) is 4.98 Å². The molecule has 0 unspecified atom stereocenters. The summed E-state index contributed by atoms with van der Waals surface area (Å²) in [4.78, 5) is 26.5. The van der Waals surface area contributed by atoms with E-state index in [2.05, 4.69) is 28.9 Å². The fraction of sp³-hybridized carbons (Fsp3) is 0.414. The Hall–Kier alpha value is -3.28. The van der Waals surface area contributed by atoms with Gasteiger partial charge in [-0.05, 0) is 56.0 Å². The lowest BCUT2D eigenvalue weighted by atomic mass is 10.0. The topological polar surface area (TPSA) is 49.3 Å². The van der Waals surface area contributed by atoms with Crippen molar-refractivity contribution >= 4 is 11.7 Å². The SMILES string of the molecule is CCCCCc1ccc(C(=O)N2CCN(c3nc(C)nc(C)c3Cc3ccccc3F)CC2)cc1. The van der Waals surface area contributed by atoms with E-state index in [1.165, 1.54) is 30.9 Å². The lowest BCUT2D eigenvalue weighted by molar-refractivity contribution is 0.0746. The van der Waals surface area contributed by atoms with Crippen LogP contribution < -0.4 is 4.90 Å². The third-order valence-electron chi connectivity index (χ3n) is 6.77. The lowest BCUT2D eigenvalue weighted by Crippen LogP contribution is -2.49. The molecule has 2 heterocycles. The maximum Gasteiger partial charge on any atom is 0.253 e. The predicted octanol–water partition coefficient (Wildman–Crippen LogP) is 5.52. The van der Waals surface area contributed by atoms with Crippen LogP contribution in [0.1, 0.15) is 64.8 Å². The number of carbonyl (C=O) groups excluding carboxylic acids is 1. The second-order valence-electron chi connectivity index (χ2n) is 9.36. The van der Waals surface area contributed by atoms with Gasteiger partial charge < -0.3 is 9.80 Å². The molecule has 0 saturated carbocycles. The van der Waals surface area contributed by atoms with Gasteiger partial charge in [0.05, 0.1) is 0 Å². The van der Waals surface area contributed by atoms with E-state index in [0.717, 1.165) is 29.1 Å². The summed E-state index contributed by atoms with van der Waals surface area (Å²) in [6.45, 7) is 8.66. The van der Waals surface area contributed by atoms with Crippen molar-refractivity contribution in [1.82, 2.24) is 14.9 Å². The summed E-state index contributed by atoms with van der Waals surface area (Å²) in [5.41, 5.74) is 4.48. The van der Waals surface area contributed by atoms with Crippen LogP contribution in [-0.4, -0.2) is 47.0 Å². The van der Waals surface area contributed by atoms with E-state index < -0.39 is 0 Å². The summed E-state index contributed by atoms with van der Waals surface area (Å²) in [6.07, 6.45) is 5.14. The second kappa shape index (κ2) is 11.4. The van der Waals surface area contributed by atoms with Crippen molar-refractivity contribution in [2.24, 2.45) is 0 Å². The van der Waals surface area contributed by atoms with Gasteiger partial charge in [0.25, 0.3) is 5.91 Å². The van der Waals surface area contributed by atoms with Crippen molar-refractivity contribution < 1.29 is 9.18 Å². The number of hydrogen-bond donors (Lipinski definition) is 0. The smallest absolute Gasteiger partial charge is 0.253 e. The van der Waals surface area contributed by atoms with Gasteiger partial charge in [-0.1, -0.05) is 50.1 Å². The molecule has 1 aliphatic rings. The van der Waals surface area contributed by atoms with Crippen LogP contribution in [0.15, 0.2) is 48.5 Å². The minimum Gasteiger partial charge on any atom is -0.353 e. The highest BCUT2D eigenvalue weighted by molar-refractivity contribution is 5.94. The molecule has 184 valence electrons. The minimum absolute atomic E-state index is 0.0754. The summed E-state index contributed by atoms with van der Waals surface area (Å²) < 4.78 is 14.4. The highest BCUT2D eigenvalue weighted by atomic mass is 19.1. The quantitative estimate of drug-likeness (QED) is 0.404. The molecular weight excluding hydrogens is 439 g/mol. The summed E-state index contributed by atoms with van der Waals surface area (Å²) in [5, 5.41) is 0. The van der Waals surface area contributed by atoms with E-state index in [1.54, 1.807) is 6.07 Å². The number of piperazine rings is 1. The monoisotopic (exact) mass is 474 g/mol. The first-order valence-corrected chi connectivity index (χ1v) is 12.7. The van der Waals surface area contributed by atoms with Crippen LogP contribution in [0.3, 0.4) is 0 Å². The summed E-state index contributed by atoms with van der Waals surface area (Å²) in [7, 11) is 0. The Balaban J connectivity index is 1.44. The number of aromatic nitrogens is 2.